The molecule has 1 unspecified atom stereocenters. The van der Waals surface area contributed by atoms with Crippen LogP contribution >= 0.6 is 11.8 Å². The van der Waals surface area contributed by atoms with Crippen molar-refractivity contribution in [1.82, 2.24) is 20.1 Å². The van der Waals surface area contributed by atoms with E-state index in [2.05, 4.69) is 22.1 Å². The second-order valence-electron chi connectivity index (χ2n) is 6.90. The lowest BCUT2D eigenvalue weighted by Gasteiger charge is -2.34. The summed E-state index contributed by atoms with van der Waals surface area (Å²) in [6.45, 7) is 2.08. The van der Waals surface area contributed by atoms with Crippen molar-refractivity contribution < 1.29 is 13.2 Å². The molecule has 1 amide bonds. The normalized spacial score (nSPS) is 23.2. The molecule has 25 heavy (non-hydrogen) atoms. The minimum absolute atomic E-state index is 0.0147. The number of hydrogen-bond donors (Lipinski definition) is 1. The monoisotopic (exact) mass is 386 g/mol. The molecular weight excluding hydrogens is 360 g/mol. The first-order valence-corrected chi connectivity index (χ1v) is 11.8. The summed E-state index contributed by atoms with van der Waals surface area (Å²) >= 11 is 1.33. The molecule has 0 aromatic carbocycles. The van der Waals surface area contributed by atoms with E-state index in [4.69, 9.17) is 0 Å². The van der Waals surface area contributed by atoms with Gasteiger partial charge in [0.15, 0.2) is 9.84 Å². The van der Waals surface area contributed by atoms with Crippen molar-refractivity contribution in [3.05, 3.63) is 5.82 Å². The molecule has 9 heteroatoms. The molecule has 2 fully saturated rings. The third-order valence-corrected chi connectivity index (χ3v) is 7.51. The first kappa shape index (κ1) is 18.7. The number of hydrogen-bond acceptors (Lipinski definition) is 6. The van der Waals surface area contributed by atoms with Gasteiger partial charge in [-0.2, -0.15) is 0 Å². The number of sulfone groups is 1. The summed E-state index contributed by atoms with van der Waals surface area (Å²) in [5, 5.41) is 7.62. The van der Waals surface area contributed by atoms with Crippen LogP contribution in [0.5, 0.6) is 0 Å². The Morgan fingerprint density at radius 1 is 1.28 bits per heavy atom. The van der Waals surface area contributed by atoms with Gasteiger partial charge in [0.25, 0.3) is 0 Å². The highest BCUT2D eigenvalue weighted by molar-refractivity contribution is 7.99. The Bertz CT molecular complexity index is 698. The number of carbonyl (C=O) groups excluding carboxylic acids is 1. The molecule has 7 nitrogen and oxygen atoms in total. The first-order valence-electron chi connectivity index (χ1n) is 9.04. The van der Waals surface area contributed by atoms with Crippen LogP contribution in [0.2, 0.25) is 0 Å². The Morgan fingerprint density at radius 2 is 2.04 bits per heavy atom. The predicted molar refractivity (Wildman–Crippen MR) is 97.3 cm³/mol. The van der Waals surface area contributed by atoms with E-state index in [1.165, 1.54) is 11.8 Å². The number of nitrogens with one attached hydrogen (secondary N) is 1. The maximum absolute atomic E-state index is 12.9. The third kappa shape index (κ3) is 4.75. The predicted octanol–water partition coefficient (Wildman–Crippen LogP) is 1.81. The number of aromatic amines is 1. The molecule has 3 rings (SSSR count). The molecular formula is C16H26N4O3S2. The van der Waals surface area contributed by atoms with E-state index in [0.29, 0.717) is 11.6 Å². The number of aromatic nitrogens is 3. The lowest BCUT2D eigenvalue weighted by molar-refractivity contribution is -0.132. The van der Waals surface area contributed by atoms with Gasteiger partial charge in [-0.05, 0) is 25.7 Å². The van der Waals surface area contributed by atoms with E-state index in [0.717, 1.165) is 44.3 Å². The number of H-pyrrole nitrogens is 1. The molecule has 2 aliphatic rings. The SMILES string of the molecule is CCCc1nc(SCC(=O)N(C2CCCC2)C2CCS(=O)(=O)C2)n[nH]1. The van der Waals surface area contributed by atoms with Crippen LogP contribution in [0.3, 0.4) is 0 Å². The van der Waals surface area contributed by atoms with Crippen LogP contribution in [-0.2, 0) is 21.1 Å². The molecule has 1 aromatic heterocycles. The fourth-order valence-corrected chi connectivity index (χ4v) is 6.17. The standard InChI is InChI=1S/C16H26N4O3S2/c1-2-5-14-17-16(19-18-14)24-10-15(21)20(12-6-3-4-7-12)13-8-9-25(22,23)11-13/h12-13H,2-11H2,1H3,(H,17,18,19). The molecule has 1 saturated carbocycles. The van der Waals surface area contributed by atoms with Crippen molar-refractivity contribution in [3.8, 4) is 0 Å². The Labute approximate surface area is 153 Å². The second-order valence-corrected chi connectivity index (χ2v) is 10.1. The van der Waals surface area contributed by atoms with Crippen LogP contribution in [0.25, 0.3) is 0 Å². The van der Waals surface area contributed by atoms with Crippen molar-refractivity contribution >= 4 is 27.5 Å². The number of amides is 1. The van der Waals surface area contributed by atoms with Crippen LogP contribution in [0.1, 0.15) is 51.3 Å². The largest absolute Gasteiger partial charge is 0.335 e. The first-order chi connectivity index (χ1) is 12.0. The van der Waals surface area contributed by atoms with E-state index in [1.54, 1.807) is 0 Å². The molecule has 1 aliphatic heterocycles. The average molecular weight is 387 g/mol. The quantitative estimate of drug-likeness (QED) is 0.718. The van der Waals surface area contributed by atoms with E-state index < -0.39 is 9.84 Å². The van der Waals surface area contributed by atoms with Gasteiger partial charge >= 0.3 is 0 Å². The summed E-state index contributed by atoms with van der Waals surface area (Å²) in [4.78, 5) is 19.1. The highest BCUT2D eigenvalue weighted by Crippen LogP contribution is 2.30. The van der Waals surface area contributed by atoms with Crippen molar-refractivity contribution in [2.24, 2.45) is 0 Å². The smallest absolute Gasteiger partial charge is 0.233 e. The molecule has 0 spiro atoms. The van der Waals surface area contributed by atoms with Gasteiger partial charge in [-0.15, -0.1) is 5.10 Å². The molecule has 2 heterocycles. The minimum atomic E-state index is -3.00. The van der Waals surface area contributed by atoms with Gasteiger partial charge in [0.05, 0.1) is 17.3 Å². The fraction of sp³-hybridized carbons (Fsp3) is 0.812. The van der Waals surface area contributed by atoms with Crippen molar-refractivity contribution in [2.45, 2.75) is 69.1 Å². The van der Waals surface area contributed by atoms with Crippen molar-refractivity contribution in [3.63, 3.8) is 0 Å². The van der Waals surface area contributed by atoms with E-state index in [9.17, 15) is 13.2 Å². The Kier molecular flexibility index (Phi) is 6.04. The van der Waals surface area contributed by atoms with E-state index in [1.807, 2.05) is 4.90 Å². The van der Waals surface area contributed by atoms with Gasteiger partial charge in [0.1, 0.15) is 5.82 Å². The Morgan fingerprint density at radius 3 is 2.68 bits per heavy atom. The maximum Gasteiger partial charge on any atom is 0.233 e. The zero-order valence-corrected chi connectivity index (χ0v) is 16.2. The van der Waals surface area contributed by atoms with Crippen LogP contribution < -0.4 is 0 Å². The Hall–Kier alpha value is -1.09. The molecule has 0 bridgehead atoms. The van der Waals surface area contributed by atoms with Gasteiger partial charge in [-0.3, -0.25) is 9.89 Å². The third-order valence-electron chi connectivity index (χ3n) is 4.93. The highest BCUT2D eigenvalue weighted by Gasteiger charge is 2.38. The summed E-state index contributed by atoms with van der Waals surface area (Å²) in [6, 6.07) is 0.0261. The molecule has 1 N–H and O–H groups in total. The summed E-state index contributed by atoms with van der Waals surface area (Å²) in [7, 11) is -3.00. The molecule has 1 atom stereocenters. The van der Waals surface area contributed by atoms with Crippen LogP contribution in [0.4, 0.5) is 0 Å². The zero-order valence-electron chi connectivity index (χ0n) is 14.6. The number of rotatable bonds is 7. The Balaban J connectivity index is 1.64. The zero-order chi connectivity index (χ0) is 17.9. The molecule has 1 aromatic rings. The summed E-state index contributed by atoms with van der Waals surface area (Å²) < 4.78 is 23.7. The van der Waals surface area contributed by atoms with E-state index in [-0.39, 0.29) is 35.2 Å². The lowest BCUT2D eigenvalue weighted by Crippen LogP contribution is -2.47. The molecule has 1 aliphatic carbocycles. The van der Waals surface area contributed by atoms with Crippen LogP contribution in [0.15, 0.2) is 5.16 Å². The number of nitrogens with zero attached hydrogens (tertiary/aromatic N) is 3. The number of thioether (sulfide) groups is 1. The highest BCUT2D eigenvalue weighted by atomic mass is 32.2. The van der Waals surface area contributed by atoms with Crippen molar-refractivity contribution in [2.75, 3.05) is 17.3 Å². The van der Waals surface area contributed by atoms with Crippen LogP contribution in [-0.4, -0.2) is 63.7 Å². The lowest BCUT2D eigenvalue weighted by atomic mass is 10.1. The van der Waals surface area contributed by atoms with Gasteiger partial charge in [-0.25, -0.2) is 13.4 Å². The van der Waals surface area contributed by atoms with Gasteiger partial charge in [-0.1, -0.05) is 31.5 Å². The second kappa shape index (κ2) is 8.07. The van der Waals surface area contributed by atoms with Gasteiger partial charge < -0.3 is 4.90 Å². The van der Waals surface area contributed by atoms with Gasteiger partial charge in [0.2, 0.25) is 11.1 Å². The molecule has 0 radical (unpaired) electrons. The van der Waals surface area contributed by atoms with Gasteiger partial charge in [0, 0.05) is 18.5 Å². The summed E-state index contributed by atoms with van der Waals surface area (Å²) in [5.74, 6) is 1.42. The number of aryl methyl sites for hydroxylation is 1. The number of carbonyl (C=O) groups is 1. The maximum atomic E-state index is 12.9. The topological polar surface area (TPSA) is 96.0 Å². The van der Waals surface area contributed by atoms with E-state index >= 15 is 0 Å². The molecule has 1 saturated heterocycles. The summed E-state index contributed by atoms with van der Waals surface area (Å²) in [6.07, 6.45) is 6.59. The summed E-state index contributed by atoms with van der Waals surface area (Å²) in [5.41, 5.74) is 0. The fourth-order valence-electron chi connectivity index (χ4n) is 3.77. The average Bonchev–Trinajstić information content (AvgIpc) is 3.28. The molecule has 140 valence electrons. The van der Waals surface area contributed by atoms with Crippen molar-refractivity contribution in [1.29, 1.82) is 0 Å². The minimum Gasteiger partial charge on any atom is -0.335 e. The van der Waals surface area contributed by atoms with Crippen LogP contribution in [0, 0.1) is 0 Å².